The number of ether oxygens (including phenoxy) is 3. The van der Waals surface area contributed by atoms with Gasteiger partial charge in [0.15, 0.2) is 11.5 Å². The Hall–Kier alpha value is -1.94. The van der Waals surface area contributed by atoms with Crippen LogP contribution in [-0.4, -0.2) is 32.5 Å². The van der Waals surface area contributed by atoms with E-state index in [9.17, 15) is 5.11 Å². The molecule has 2 rings (SSSR count). The standard InChI is InChI=1S/C16H20O4/c1-5-10-8-12(17)7-6-11-9-13(18-2)15(19-3)16(20-4)14(10)11/h5,8-9,12,17H,1,6-7H2,2-4H3. The molecule has 0 fully saturated rings. The zero-order valence-electron chi connectivity index (χ0n) is 12.1. The molecule has 20 heavy (non-hydrogen) atoms. The molecule has 0 spiro atoms. The zero-order chi connectivity index (χ0) is 14.7. The first kappa shape index (κ1) is 14.5. The molecule has 1 N–H and O–H groups in total. The van der Waals surface area contributed by atoms with Crippen LogP contribution in [0.3, 0.4) is 0 Å². The van der Waals surface area contributed by atoms with Crippen molar-refractivity contribution in [3.05, 3.63) is 35.9 Å². The summed E-state index contributed by atoms with van der Waals surface area (Å²) in [5.41, 5.74) is 2.82. The third-order valence-electron chi connectivity index (χ3n) is 3.50. The Kier molecular flexibility index (Phi) is 4.35. The normalized spacial score (nSPS) is 17.6. The summed E-state index contributed by atoms with van der Waals surface area (Å²) >= 11 is 0. The summed E-state index contributed by atoms with van der Waals surface area (Å²) < 4.78 is 16.3. The van der Waals surface area contributed by atoms with E-state index >= 15 is 0 Å². The molecule has 0 radical (unpaired) electrons. The summed E-state index contributed by atoms with van der Waals surface area (Å²) in [5, 5.41) is 9.95. The summed E-state index contributed by atoms with van der Waals surface area (Å²) in [5.74, 6) is 1.79. The number of fused-ring (bicyclic) bond motifs is 1. The average molecular weight is 276 g/mol. The summed E-state index contributed by atoms with van der Waals surface area (Å²) in [6, 6.07) is 1.94. The molecular formula is C16H20O4. The number of hydrogen-bond acceptors (Lipinski definition) is 4. The van der Waals surface area contributed by atoms with E-state index in [-0.39, 0.29) is 0 Å². The fourth-order valence-electron chi connectivity index (χ4n) is 2.57. The molecule has 1 atom stereocenters. The van der Waals surface area contributed by atoms with Crippen LogP contribution < -0.4 is 14.2 Å². The lowest BCUT2D eigenvalue weighted by Gasteiger charge is -2.19. The molecule has 0 heterocycles. The molecule has 1 unspecified atom stereocenters. The van der Waals surface area contributed by atoms with Crippen molar-refractivity contribution in [3.63, 3.8) is 0 Å². The lowest BCUT2D eigenvalue weighted by molar-refractivity contribution is 0.214. The monoisotopic (exact) mass is 276 g/mol. The number of allylic oxidation sites excluding steroid dienone is 2. The second-order valence-corrected chi connectivity index (χ2v) is 4.61. The minimum Gasteiger partial charge on any atom is -0.493 e. The van der Waals surface area contributed by atoms with Gasteiger partial charge in [-0.15, -0.1) is 0 Å². The molecule has 0 aromatic heterocycles. The summed E-state index contributed by atoms with van der Waals surface area (Å²) in [6.45, 7) is 3.83. The SMILES string of the molecule is C=CC1=CC(O)CCc2cc(OC)c(OC)c(OC)c21. The second-order valence-electron chi connectivity index (χ2n) is 4.61. The van der Waals surface area contributed by atoms with Gasteiger partial charge in [-0.25, -0.2) is 0 Å². The van der Waals surface area contributed by atoms with Gasteiger partial charge < -0.3 is 19.3 Å². The van der Waals surface area contributed by atoms with Crippen LogP contribution in [0.2, 0.25) is 0 Å². The molecule has 4 heteroatoms. The van der Waals surface area contributed by atoms with Gasteiger partial charge in [-0.05, 0) is 36.1 Å². The average Bonchev–Trinajstić information content (AvgIpc) is 2.64. The fourth-order valence-corrected chi connectivity index (χ4v) is 2.57. The Morgan fingerprint density at radius 2 is 1.90 bits per heavy atom. The Labute approximate surface area is 119 Å². The van der Waals surface area contributed by atoms with Gasteiger partial charge in [0.1, 0.15) is 0 Å². The number of aliphatic hydroxyl groups is 1. The summed E-state index contributed by atoms with van der Waals surface area (Å²) in [7, 11) is 4.77. The van der Waals surface area contributed by atoms with E-state index in [1.165, 1.54) is 0 Å². The van der Waals surface area contributed by atoms with Crippen LogP contribution in [-0.2, 0) is 6.42 Å². The van der Waals surface area contributed by atoms with Crippen LogP contribution in [0.25, 0.3) is 5.57 Å². The molecular weight excluding hydrogens is 256 g/mol. The molecule has 1 aliphatic carbocycles. The predicted molar refractivity (Wildman–Crippen MR) is 78.6 cm³/mol. The molecule has 4 nitrogen and oxygen atoms in total. The number of methoxy groups -OCH3 is 3. The minimum absolute atomic E-state index is 0.489. The van der Waals surface area contributed by atoms with Gasteiger partial charge in [-0.2, -0.15) is 0 Å². The highest BCUT2D eigenvalue weighted by Gasteiger charge is 2.24. The van der Waals surface area contributed by atoms with E-state index in [2.05, 4.69) is 6.58 Å². The fraction of sp³-hybridized carbons (Fsp3) is 0.375. The minimum atomic E-state index is -0.489. The molecule has 0 aliphatic heterocycles. The van der Waals surface area contributed by atoms with Crippen LogP contribution in [0.5, 0.6) is 17.2 Å². The largest absolute Gasteiger partial charge is 0.493 e. The van der Waals surface area contributed by atoms with Crippen molar-refractivity contribution >= 4 is 5.57 Å². The Morgan fingerprint density at radius 3 is 2.45 bits per heavy atom. The van der Waals surface area contributed by atoms with Crippen molar-refractivity contribution in [1.82, 2.24) is 0 Å². The maximum atomic E-state index is 9.95. The van der Waals surface area contributed by atoms with E-state index in [0.29, 0.717) is 23.7 Å². The van der Waals surface area contributed by atoms with E-state index in [1.807, 2.05) is 6.07 Å². The summed E-state index contributed by atoms with van der Waals surface area (Å²) in [6.07, 6.45) is 4.43. The quantitative estimate of drug-likeness (QED) is 0.918. The van der Waals surface area contributed by atoms with E-state index in [0.717, 1.165) is 23.1 Å². The molecule has 1 aliphatic rings. The molecule has 1 aromatic rings. The second kappa shape index (κ2) is 6.01. The third-order valence-corrected chi connectivity index (χ3v) is 3.50. The van der Waals surface area contributed by atoms with Crippen molar-refractivity contribution < 1.29 is 19.3 Å². The number of hydrogen-bond donors (Lipinski definition) is 1. The highest BCUT2D eigenvalue weighted by atomic mass is 16.5. The van der Waals surface area contributed by atoms with Crippen molar-refractivity contribution in [3.8, 4) is 17.2 Å². The van der Waals surface area contributed by atoms with E-state index in [1.54, 1.807) is 33.5 Å². The Balaban J connectivity index is 2.76. The highest BCUT2D eigenvalue weighted by Crippen LogP contribution is 2.46. The first-order valence-corrected chi connectivity index (χ1v) is 6.50. The first-order chi connectivity index (χ1) is 9.65. The molecule has 108 valence electrons. The lowest BCUT2D eigenvalue weighted by Crippen LogP contribution is -2.03. The van der Waals surface area contributed by atoms with Crippen LogP contribution >= 0.6 is 0 Å². The van der Waals surface area contributed by atoms with Crippen molar-refractivity contribution in [2.24, 2.45) is 0 Å². The van der Waals surface area contributed by atoms with Crippen molar-refractivity contribution in [2.45, 2.75) is 18.9 Å². The number of benzene rings is 1. The van der Waals surface area contributed by atoms with Gasteiger partial charge in [0.05, 0.1) is 27.4 Å². The number of rotatable bonds is 4. The predicted octanol–water partition coefficient (Wildman–Crippen LogP) is 2.59. The zero-order valence-corrected chi connectivity index (χ0v) is 12.1. The van der Waals surface area contributed by atoms with Gasteiger partial charge in [-0.1, -0.05) is 12.7 Å². The number of aryl methyl sites for hydroxylation is 1. The van der Waals surface area contributed by atoms with Gasteiger partial charge in [-0.3, -0.25) is 0 Å². The van der Waals surface area contributed by atoms with Crippen molar-refractivity contribution in [1.29, 1.82) is 0 Å². The topological polar surface area (TPSA) is 47.9 Å². The third kappa shape index (κ3) is 2.39. The maximum absolute atomic E-state index is 9.95. The first-order valence-electron chi connectivity index (χ1n) is 6.50. The smallest absolute Gasteiger partial charge is 0.203 e. The van der Waals surface area contributed by atoms with E-state index in [4.69, 9.17) is 14.2 Å². The van der Waals surface area contributed by atoms with Crippen LogP contribution in [0.1, 0.15) is 17.5 Å². The number of aliphatic hydroxyl groups excluding tert-OH is 1. The Bertz CT molecular complexity index is 546. The molecule has 0 saturated carbocycles. The molecule has 1 aromatic carbocycles. The van der Waals surface area contributed by atoms with Crippen LogP contribution in [0.4, 0.5) is 0 Å². The van der Waals surface area contributed by atoms with Gasteiger partial charge in [0, 0.05) is 5.56 Å². The maximum Gasteiger partial charge on any atom is 0.203 e. The van der Waals surface area contributed by atoms with Crippen molar-refractivity contribution in [2.75, 3.05) is 21.3 Å². The van der Waals surface area contributed by atoms with E-state index < -0.39 is 6.10 Å². The molecule has 0 amide bonds. The molecule has 0 saturated heterocycles. The van der Waals surface area contributed by atoms with Crippen LogP contribution in [0, 0.1) is 0 Å². The summed E-state index contributed by atoms with van der Waals surface area (Å²) in [4.78, 5) is 0. The van der Waals surface area contributed by atoms with Gasteiger partial charge in [0.2, 0.25) is 5.75 Å². The Morgan fingerprint density at radius 1 is 1.20 bits per heavy atom. The lowest BCUT2D eigenvalue weighted by atomic mass is 9.96. The van der Waals surface area contributed by atoms with Gasteiger partial charge in [0.25, 0.3) is 0 Å². The highest BCUT2D eigenvalue weighted by molar-refractivity contribution is 5.83. The molecule has 0 bridgehead atoms. The van der Waals surface area contributed by atoms with Gasteiger partial charge >= 0.3 is 0 Å². The van der Waals surface area contributed by atoms with Crippen LogP contribution in [0.15, 0.2) is 24.8 Å².